The van der Waals surface area contributed by atoms with E-state index < -0.39 is 17.7 Å². The summed E-state index contributed by atoms with van der Waals surface area (Å²) in [5.74, 6) is -0.487. The van der Waals surface area contributed by atoms with E-state index in [0.29, 0.717) is 24.0 Å². The van der Waals surface area contributed by atoms with Gasteiger partial charge in [-0.15, -0.1) is 0 Å². The van der Waals surface area contributed by atoms with Gasteiger partial charge in [0.25, 0.3) is 0 Å². The molecule has 2 aromatic carbocycles. The Balaban J connectivity index is 1.40. The molecule has 7 nitrogen and oxygen atoms in total. The van der Waals surface area contributed by atoms with Gasteiger partial charge in [0, 0.05) is 42.9 Å². The summed E-state index contributed by atoms with van der Waals surface area (Å²) in [6.45, 7) is 12.7. The summed E-state index contributed by atoms with van der Waals surface area (Å²) in [6.07, 6.45) is 8.03. The van der Waals surface area contributed by atoms with Crippen LogP contribution < -0.4 is 9.64 Å². The third-order valence-electron chi connectivity index (χ3n) is 10.3. The molecule has 2 saturated heterocycles. The monoisotopic (exact) mass is 643 g/mol. The van der Waals surface area contributed by atoms with E-state index in [-0.39, 0.29) is 5.82 Å². The number of carboxylic acids is 1. The molecule has 0 amide bonds. The smallest absolute Gasteiger partial charge is 0.337 e. The number of anilines is 1. The van der Waals surface area contributed by atoms with Crippen molar-refractivity contribution in [2.45, 2.75) is 97.3 Å². The zero-order chi connectivity index (χ0) is 33.2. The first-order chi connectivity index (χ1) is 22.5. The Labute approximate surface area is 279 Å². The van der Waals surface area contributed by atoms with Crippen LogP contribution in [0.25, 0.3) is 11.1 Å². The van der Waals surface area contributed by atoms with Crippen LogP contribution in [0.3, 0.4) is 0 Å². The number of carbonyl (C=O) groups is 1. The number of piperidine rings is 1. The van der Waals surface area contributed by atoms with E-state index in [2.05, 4.69) is 21.9 Å². The highest BCUT2D eigenvalue weighted by molar-refractivity contribution is 5.88. The lowest BCUT2D eigenvalue weighted by Crippen LogP contribution is -2.44. The van der Waals surface area contributed by atoms with E-state index in [1.165, 1.54) is 44.2 Å². The molecule has 3 aliphatic rings. The van der Waals surface area contributed by atoms with Crippen molar-refractivity contribution in [2.75, 3.05) is 37.7 Å². The van der Waals surface area contributed by atoms with Gasteiger partial charge in [-0.05, 0) is 120 Å². The van der Waals surface area contributed by atoms with Crippen LogP contribution in [-0.2, 0) is 22.5 Å². The predicted molar refractivity (Wildman–Crippen MR) is 183 cm³/mol. The van der Waals surface area contributed by atoms with Gasteiger partial charge < -0.3 is 19.5 Å². The maximum absolute atomic E-state index is 13.3. The highest BCUT2D eigenvalue weighted by atomic mass is 19.1. The predicted octanol–water partition coefficient (Wildman–Crippen LogP) is 8.12. The van der Waals surface area contributed by atoms with Gasteiger partial charge in [-0.1, -0.05) is 30.7 Å². The van der Waals surface area contributed by atoms with E-state index in [1.807, 2.05) is 39.8 Å². The van der Waals surface area contributed by atoms with Gasteiger partial charge in [-0.25, -0.2) is 9.18 Å². The number of halogens is 1. The Hall–Kier alpha value is -3.49. The molecular formula is C39H50FN3O4. The van der Waals surface area contributed by atoms with Crippen LogP contribution in [0.5, 0.6) is 5.75 Å². The molecule has 1 aromatic heterocycles. The van der Waals surface area contributed by atoms with Crippen molar-refractivity contribution >= 4 is 11.7 Å². The summed E-state index contributed by atoms with van der Waals surface area (Å²) in [5, 5.41) is 10.6. The second-order valence-electron chi connectivity index (χ2n) is 14.8. The normalized spacial score (nSPS) is 18.7. The molecule has 1 spiro atoms. The summed E-state index contributed by atoms with van der Waals surface area (Å²) in [6, 6.07) is 14.7. The van der Waals surface area contributed by atoms with Gasteiger partial charge in [-0.3, -0.25) is 9.88 Å². The molecule has 1 aliphatic carbocycles. The molecule has 3 aromatic rings. The minimum Gasteiger partial charge on any atom is -0.493 e. The second kappa shape index (κ2) is 13.9. The molecule has 6 rings (SSSR count). The van der Waals surface area contributed by atoms with Crippen LogP contribution in [-0.4, -0.2) is 59.3 Å². The number of carboxylic acid groups (broad SMARTS) is 1. The number of hydrogen-bond donors (Lipinski definition) is 1. The van der Waals surface area contributed by atoms with E-state index in [0.717, 1.165) is 85.1 Å². The third-order valence-corrected chi connectivity index (χ3v) is 10.3. The van der Waals surface area contributed by atoms with Crippen molar-refractivity contribution in [3.8, 4) is 16.9 Å². The maximum atomic E-state index is 13.3. The van der Waals surface area contributed by atoms with Gasteiger partial charge in [0.1, 0.15) is 11.6 Å². The number of benzene rings is 2. The lowest BCUT2D eigenvalue weighted by molar-refractivity contribution is -0.160. The molecule has 0 unspecified atom stereocenters. The summed E-state index contributed by atoms with van der Waals surface area (Å²) >= 11 is 0. The molecule has 1 N–H and O–H groups in total. The number of rotatable bonds is 11. The van der Waals surface area contributed by atoms with Crippen molar-refractivity contribution in [1.82, 2.24) is 9.88 Å². The Morgan fingerprint density at radius 1 is 0.957 bits per heavy atom. The minimum atomic E-state index is -1.15. The van der Waals surface area contributed by atoms with Gasteiger partial charge in [0.2, 0.25) is 0 Å². The van der Waals surface area contributed by atoms with Crippen molar-refractivity contribution < 1.29 is 23.8 Å². The fourth-order valence-electron chi connectivity index (χ4n) is 7.60. The Kier molecular flexibility index (Phi) is 9.90. The number of ether oxygens (including phenoxy) is 2. The van der Waals surface area contributed by atoms with Gasteiger partial charge in [-0.2, -0.15) is 0 Å². The quantitative estimate of drug-likeness (QED) is 0.226. The van der Waals surface area contributed by atoms with E-state index in [4.69, 9.17) is 14.5 Å². The van der Waals surface area contributed by atoms with Gasteiger partial charge in [0.05, 0.1) is 23.6 Å². The Morgan fingerprint density at radius 2 is 1.62 bits per heavy atom. The molecule has 3 fully saturated rings. The number of hydrogen-bond acceptors (Lipinski definition) is 6. The number of aromatic nitrogens is 1. The number of aliphatic carboxylic acids is 1. The summed E-state index contributed by atoms with van der Waals surface area (Å²) < 4.78 is 25.7. The zero-order valence-electron chi connectivity index (χ0n) is 28.5. The number of pyridine rings is 1. The molecule has 252 valence electrons. The fraction of sp³-hybridized carbons (Fsp3) is 0.538. The molecule has 0 bridgehead atoms. The van der Waals surface area contributed by atoms with Crippen molar-refractivity contribution in [1.29, 1.82) is 0 Å². The van der Waals surface area contributed by atoms with Crippen molar-refractivity contribution in [3.05, 3.63) is 76.9 Å². The van der Waals surface area contributed by atoms with E-state index in [9.17, 15) is 14.3 Å². The van der Waals surface area contributed by atoms with Crippen LogP contribution in [0.1, 0.15) is 94.3 Å². The number of aryl methyl sites for hydroxylation is 1. The molecule has 1 atom stereocenters. The summed E-state index contributed by atoms with van der Waals surface area (Å²) in [4.78, 5) is 23.1. The summed E-state index contributed by atoms with van der Waals surface area (Å²) in [7, 11) is 0. The molecular weight excluding hydrogens is 593 g/mol. The van der Waals surface area contributed by atoms with Crippen LogP contribution in [0, 0.1) is 18.2 Å². The second-order valence-corrected chi connectivity index (χ2v) is 14.8. The molecule has 0 radical (unpaired) electrons. The van der Waals surface area contributed by atoms with Crippen molar-refractivity contribution in [3.63, 3.8) is 0 Å². The largest absolute Gasteiger partial charge is 0.493 e. The molecule has 2 aliphatic heterocycles. The van der Waals surface area contributed by atoms with Crippen molar-refractivity contribution in [2.24, 2.45) is 5.41 Å². The lowest BCUT2D eigenvalue weighted by atomic mass is 9.63. The highest BCUT2D eigenvalue weighted by Gasteiger charge is 2.42. The SMILES string of the molecule is Cc1nc(CN2CCCC2)c(-c2ccc(OCCc3ccc(F)cc3)cc2)c(N2CCC3(CCC3)CC2)c1[C@H](OC(C)(C)C)C(=O)O. The van der Waals surface area contributed by atoms with E-state index in [1.54, 1.807) is 12.1 Å². The highest BCUT2D eigenvalue weighted by Crippen LogP contribution is 2.51. The molecule has 8 heteroatoms. The standard InChI is InChI=1S/C39H50FN3O4/c1-27-33(36(37(44)45)47-38(2,3)4)35(43-23-19-39(20-24-43)17-7-18-39)34(32(41-27)26-42-21-5-6-22-42)29-10-14-31(15-11-29)46-25-16-28-8-12-30(40)13-9-28/h8-15,36H,5-7,16-26H2,1-4H3,(H,44,45)/t36-/m0/s1. The van der Waals surface area contributed by atoms with Gasteiger partial charge >= 0.3 is 5.97 Å². The van der Waals surface area contributed by atoms with Crippen LogP contribution >= 0.6 is 0 Å². The zero-order valence-corrected chi connectivity index (χ0v) is 28.5. The summed E-state index contributed by atoms with van der Waals surface area (Å²) in [5.41, 5.74) is 6.13. The number of likely N-dealkylation sites (tertiary alicyclic amines) is 1. The average molecular weight is 644 g/mol. The number of nitrogens with zero attached hydrogens (tertiary/aromatic N) is 3. The topological polar surface area (TPSA) is 75.1 Å². The first-order valence-electron chi connectivity index (χ1n) is 17.4. The molecule has 3 heterocycles. The first kappa shape index (κ1) is 33.4. The maximum Gasteiger partial charge on any atom is 0.337 e. The van der Waals surface area contributed by atoms with Crippen LogP contribution in [0.4, 0.5) is 10.1 Å². The fourth-order valence-corrected chi connectivity index (χ4v) is 7.60. The van der Waals surface area contributed by atoms with Crippen LogP contribution in [0.15, 0.2) is 48.5 Å². The van der Waals surface area contributed by atoms with E-state index >= 15 is 0 Å². The molecule has 47 heavy (non-hydrogen) atoms. The average Bonchev–Trinajstić information content (AvgIpc) is 3.53. The van der Waals surface area contributed by atoms with Crippen LogP contribution in [0.2, 0.25) is 0 Å². The van der Waals surface area contributed by atoms with Gasteiger partial charge in [0.15, 0.2) is 6.10 Å². The minimum absolute atomic E-state index is 0.241. The third kappa shape index (κ3) is 7.81. The Bertz CT molecular complexity index is 1530. The Morgan fingerprint density at radius 3 is 2.19 bits per heavy atom. The lowest BCUT2D eigenvalue weighted by Gasteiger charge is -2.49. The first-order valence-corrected chi connectivity index (χ1v) is 17.4. The molecule has 1 saturated carbocycles.